The van der Waals surface area contributed by atoms with Crippen LogP contribution in [0.1, 0.15) is 24.0 Å². The van der Waals surface area contributed by atoms with E-state index in [1.165, 1.54) is 0 Å². The van der Waals surface area contributed by atoms with E-state index in [1.807, 2.05) is 30.2 Å². The molecular formula is C18H13ClO4. The summed E-state index contributed by atoms with van der Waals surface area (Å²) in [5.74, 6) is 1.64. The quantitative estimate of drug-likeness (QED) is 0.862. The van der Waals surface area contributed by atoms with E-state index >= 15 is 0 Å². The summed E-state index contributed by atoms with van der Waals surface area (Å²) in [6, 6.07) is 11.0. The van der Waals surface area contributed by atoms with Gasteiger partial charge in [0.2, 0.25) is 0 Å². The van der Waals surface area contributed by atoms with Crippen LogP contribution in [0.4, 0.5) is 0 Å². The summed E-state index contributed by atoms with van der Waals surface area (Å²) < 4.78 is 5.71. The number of carboxylic acid groups (broad SMARTS) is 1. The van der Waals surface area contributed by atoms with Gasteiger partial charge in [-0.3, -0.25) is 4.79 Å². The van der Waals surface area contributed by atoms with Gasteiger partial charge < -0.3 is 9.84 Å². The molecule has 0 saturated carbocycles. The molecule has 0 fully saturated rings. The molecule has 0 bridgehead atoms. The number of carbonyl (C=O) groups is 1. The Morgan fingerprint density at radius 1 is 1.17 bits per heavy atom. The molecule has 5 heteroatoms. The van der Waals surface area contributed by atoms with Crippen LogP contribution >= 0.6 is 11.6 Å². The van der Waals surface area contributed by atoms with Gasteiger partial charge in [0, 0.05) is 16.2 Å². The lowest BCUT2D eigenvalue weighted by Gasteiger charge is -2.21. The Balaban J connectivity index is 2.02. The number of benzene rings is 2. The third-order valence-corrected chi connectivity index (χ3v) is 4.02. The number of fused-ring (bicyclic) bond motifs is 3. The molecule has 2 aromatic carbocycles. The molecule has 0 radical (unpaired) electrons. The number of carbonyl (C=O) groups excluding carboxylic acids is 1. The molecule has 1 aliphatic heterocycles. The molecule has 23 heavy (non-hydrogen) atoms. The predicted octanol–water partition coefficient (Wildman–Crippen LogP) is 3.98. The van der Waals surface area contributed by atoms with Gasteiger partial charge in [-0.2, -0.15) is 0 Å². The number of allylic oxidation sites excluding steroid dienone is 1. The van der Waals surface area contributed by atoms with E-state index in [0.29, 0.717) is 22.8 Å². The smallest absolute Gasteiger partial charge is 0.303 e. The van der Waals surface area contributed by atoms with Gasteiger partial charge in [-0.25, -0.2) is 4.79 Å². The van der Waals surface area contributed by atoms with Crippen molar-refractivity contribution in [1.82, 2.24) is 0 Å². The van der Waals surface area contributed by atoms with Crippen LogP contribution < -0.4 is 4.74 Å². The monoisotopic (exact) mass is 328 g/mol. The van der Waals surface area contributed by atoms with Crippen molar-refractivity contribution in [2.45, 2.75) is 19.4 Å². The summed E-state index contributed by atoms with van der Waals surface area (Å²) in [5.41, 5.74) is 3.84. The summed E-state index contributed by atoms with van der Waals surface area (Å²) in [7, 11) is 0. The Kier molecular flexibility index (Phi) is 4.20. The van der Waals surface area contributed by atoms with Gasteiger partial charge in [0.1, 0.15) is 18.3 Å². The van der Waals surface area contributed by atoms with E-state index < -0.39 is 5.97 Å². The molecule has 0 aromatic heterocycles. The molecule has 1 aliphatic rings. The van der Waals surface area contributed by atoms with Crippen molar-refractivity contribution in [2.24, 2.45) is 0 Å². The van der Waals surface area contributed by atoms with E-state index in [2.05, 4.69) is 0 Å². The van der Waals surface area contributed by atoms with Crippen LogP contribution in [0.2, 0.25) is 5.02 Å². The molecule has 2 aromatic rings. The zero-order chi connectivity index (χ0) is 16.4. The highest BCUT2D eigenvalue weighted by Gasteiger charge is 2.19. The molecule has 1 heterocycles. The first-order valence-electron chi connectivity index (χ1n) is 7.10. The first kappa shape index (κ1) is 15.3. The van der Waals surface area contributed by atoms with Crippen molar-refractivity contribution in [2.75, 3.05) is 0 Å². The fourth-order valence-electron chi connectivity index (χ4n) is 2.64. The van der Waals surface area contributed by atoms with Crippen LogP contribution in [-0.2, 0) is 16.2 Å². The molecule has 0 atom stereocenters. The average molecular weight is 329 g/mol. The number of ether oxygens (including phenoxy) is 1. The molecule has 0 amide bonds. The second-order valence-corrected chi connectivity index (χ2v) is 5.71. The summed E-state index contributed by atoms with van der Waals surface area (Å²) in [6.07, 6.45) is 0.0380. The molecule has 0 saturated heterocycles. The van der Waals surface area contributed by atoms with Gasteiger partial charge in [-0.05, 0) is 47.4 Å². The molecule has 0 aliphatic carbocycles. The third kappa shape index (κ3) is 3.14. The van der Waals surface area contributed by atoms with Crippen LogP contribution in [-0.4, -0.2) is 17.0 Å². The van der Waals surface area contributed by atoms with Crippen molar-refractivity contribution in [3.05, 3.63) is 52.5 Å². The predicted molar refractivity (Wildman–Crippen MR) is 87.2 cm³/mol. The molecule has 3 rings (SSSR count). The van der Waals surface area contributed by atoms with Gasteiger partial charge in [0.15, 0.2) is 0 Å². The maximum atomic E-state index is 11.2. The fraction of sp³-hybridized carbons (Fsp3) is 0.167. The Morgan fingerprint density at radius 3 is 2.74 bits per heavy atom. The summed E-state index contributed by atoms with van der Waals surface area (Å²) in [4.78, 5) is 21.9. The topological polar surface area (TPSA) is 63.6 Å². The first-order valence-corrected chi connectivity index (χ1v) is 7.48. The Morgan fingerprint density at radius 2 is 2.00 bits per heavy atom. The fourth-order valence-corrected chi connectivity index (χ4v) is 2.83. The van der Waals surface area contributed by atoms with Crippen LogP contribution in [0.15, 0.2) is 36.4 Å². The van der Waals surface area contributed by atoms with E-state index in [9.17, 15) is 9.59 Å². The molecule has 0 unspecified atom stereocenters. The number of carboxylic acids is 1. The highest BCUT2D eigenvalue weighted by Crippen LogP contribution is 2.40. The minimum atomic E-state index is -0.945. The lowest BCUT2D eigenvalue weighted by atomic mass is 9.93. The van der Waals surface area contributed by atoms with Gasteiger partial charge in [0.25, 0.3) is 0 Å². The summed E-state index contributed by atoms with van der Waals surface area (Å²) in [6.45, 7) is 0.442. The summed E-state index contributed by atoms with van der Waals surface area (Å²) in [5, 5.41) is 9.42. The average Bonchev–Trinajstić information content (AvgIpc) is 2.54. The van der Waals surface area contributed by atoms with E-state index in [1.54, 1.807) is 12.1 Å². The third-order valence-electron chi connectivity index (χ3n) is 3.78. The largest absolute Gasteiger partial charge is 0.488 e. The standard InChI is InChI=1S/C18H13ClO4/c19-14-3-4-15-13(7-14)10-23-17-5-1-11(8-16(15)17)12(9-20)2-6-18(21)22/h1,3-5,7-8H,2,6,10H2,(H,21,22). The first-order chi connectivity index (χ1) is 11.1. The Hall–Kier alpha value is -2.55. The molecule has 116 valence electrons. The number of hydrogen-bond donors (Lipinski definition) is 1. The van der Waals surface area contributed by atoms with Gasteiger partial charge in [-0.1, -0.05) is 23.7 Å². The molecule has 1 N–H and O–H groups in total. The molecule has 0 spiro atoms. The van der Waals surface area contributed by atoms with Gasteiger partial charge in [0.05, 0.1) is 6.42 Å². The normalized spacial score (nSPS) is 11.7. The number of halogens is 1. The number of aliphatic carboxylic acids is 1. The van der Waals surface area contributed by atoms with Crippen molar-refractivity contribution in [1.29, 1.82) is 0 Å². The SMILES string of the molecule is O=C=C(CCC(=O)O)c1ccc2c(c1)-c1ccc(Cl)cc1CO2. The maximum absolute atomic E-state index is 11.2. The van der Waals surface area contributed by atoms with Crippen LogP contribution in [0.3, 0.4) is 0 Å². The second-order valence-electron chi connectivity index (χ2n) is 5.28. The van der Waals surface area contributed by atoms with Gasteiger partial charge in [-0.15, -0.1) is 0 Å². The van der Waals surface area contributed by atoms with Crippen LogP contribution in [0, 0.1) is 0 Å². The van der Waals surface area contributed by atoms with Crippen molar-refractivity contribution in [3.63, 3.8) is 0 Å². The van der Waals surface area contributed by atoms with Gasteiger partial charge >= 0.3 is 5.97 Å². The van der Waals surface area contributed by atoms with E-state index in [4.69, 9.17) is 21.4 Å². The zero-order valence-corrected chi connectivity index (χ0v) is 12.9. The minimum absolute atomic E-state index is 0.107. The Labute approximate surface area is 138 Å². The number of hydrogen-bond acceptors (Lipinski definition) is 3. The van der Waals surface area contributed by atoms with Crippen molar-refractivity contribution >= 4 is 29.1 Å². The van der Waals surface area contributed by atoms with Crippen molar-refractivity contribution < 1.29 is 19.4 Å². The number of rotatable bonds is 4. The lowest BCUT2D eigenvalue weighted by molar-refractivity contribution is -0.136. The van der Waals surface area contributed by atoms with Crippen LogP contribution in [0.5, 0.6) is 5.75 Å². The van der Waals surface area contributed by atoms with E-state index in [-0.39, 0.29) is 12.8 Å². The van der Waals surface area contributed by atoms with Crippen molar-refractivity contribution in [3.8, 4) is 16.9 Å². The van der Waals surface area contributed by atoms with Crippen LogP contribution in [0.25, 0.3) is 16.7 Å². The highest BCUT2D eigenvalue weighted by atomic mass is 35.5. The molecule has 4 nitrogen and oxygen atoms in total. The maximum Gasteiger partial charge on any atom is 0.303 e. The minimum Gasteiger partial charge on any atom is -0.488 e. The Bertz CT molecular complexity index is 835. The highest BCUT2D eigenvalue weighted by molar-refractivity contribution is 6.30. The zero-order valence-electron chi connectivity index (χ0n) is 12.1. The lowest BCUT2D eigenvalue weighted by Crippen LogP contribution is -2.06. The molecular weight excluding hydrogens is 316 g/mol. The summed E-state index contributed by atoms with van der Waals surface area (Å²) >= 11 is 6.01. The van der Waals surface area contributed by atoms with E-state index in [0.717, 1.165) is 22.4 Å². The second kappa shape index (κ2) is 6.29.